The fourth-order valence-corrected chi connectivity index (χ4v) is 3.83. The number of phenols is 1. The van der Waals surface area contributed by atoms with Gasteiger partial charge in [0.2, 0.25) is 0 Å². The van der Waals surface area contributed by atoms with Crippen molar-refractivity contribution in [1.82, 2.24) is 4.98 Å². The van der Waals surface area contributed by atoms with Gasteiger partial charge in [-0.1, -0.05) is 40.2 Å². The van der Waals surface area contributed by atoms with Crippen LogP contribution in [-0.4, -0.2) is 16.3 Å². The van der Waals surface area contributed by atoms with E-state index in [1.54, 1.807) is 29.7 Å². The van der Waals surface area contributed by atoms with Gasteiger partial charge in [0.1, 0.15) is 10.8 Å². The van der Waals surface area contributed by atoms with Gasteiger partial charge in [-0.25, -0.2) is 4.98 Å². The van der Waals surface area contributed by atoms with Crippen LogP contribution in [0.3, 0.4) is 0 Å². The Morgan fingerprint density at radius 2 is 1.88 bits per heavy atom. The molecule has 0 unspecified atom stereocenters. The Bertz CT molecular complexity index is 1050. The second-order valence-electron chi connectivity index (χ2n) is 5.50. The molecule has 5 heteroatoms. The minimum atomic E-state index is 0.203. The highest BCUT2D eigenvalue weighted by Crippen LogP contribution is 2.31. The summed E-state index contributed by atoms with van der Waals surface area (Å²) in [5, 5.41) is 10.9. The maximum absolute atomic E-state index is 9.91. The molecule has 122 valence electrons. The van der Waals surface area contributed by atoms with Gasteiger partial charge in [-0.15, -0.1) is 11.3 Å². The van der Waals surface area contributed by atoms with Crippen LogP contribution in [0.2, 0.25) is 0 Å². The molecule has 0 saturated carbocycles. The maximum Gasteiger partial charge on any atom is 0.124 e. The predicted molar refractivity (Wildman–Crippen MR) is 108 cm³/mol. The molecule has 0 aliphatic carbocycles. The second kappa shape index (κ2) is 6.78. The molecule has 0 bridgehead atoms. The number of aromatic nitrogens is 1. The van der Waals surface area contributed by atoms with Crippen LogP contribution in [0.4, 0.5) is 5.69 Å². The number of rotatable bonds is 3. The van der Waals surface area contributed by atoms with Crippen molar-refractivity contribution < 1.29 is 5.11 Å². The van der Waals surface area contributed by atoms with E-state index in [0.29, 0.717) is 5.56 Å². The third kappa shape index (κ3) is 3.48. The van der Waals surface area contributed by atoms with Crippen LogP contribution in [0.1, 0.15) is 5.56 Å². The molecule has 1 heterocycles. The Kier molecular flexibility index (Phi) is 4.34. The lowest BCUT2D eigenvalue weighted by molar-refractivity contribution is 0.474. The molecular weight excluding hydrogens is 396 g/mol. The molecule has 0 fully saturated rings. The molecule has 4 rings (SSSR count). The van der Waals surface area contributed by atoms with Crippen molar-refractivity contribution in [3.63, 3.8) is 0 Å². The van der Waals surface area contributed by atoms with Crippen molar-refractivity contribution >= 4 is 49.4 Å². The van der Waals surface area contributed by atoms with Gasteiger partial charge in [0, 0.05) is 21.8 Å². The molecule has 0 atom stereocenters. The summed E-state index contributed by atoms with van der Waals surface area (Å²) in [7, 11) is 0. The van der Waals surface area contributed by atoms with Gasteiger partial charge in [-0.3, -0.25) is 4.99 Å². The van der Waals surface area contributed by atoms with Gasteiger partial charge in [-0.2, -0.15) is 0 Å². The van der Waals surface area contributed by atoms with E-state index in [1.807, 2.05) is 48.5 Å². The molecule has 1 aromatic heterocycles. The monoisotopic (exact) mass is 408 g/mol. The number of hydrogen-bond acceptors (Lipinski definition) is 4. The van der Waals surface area contributed by atoms with Crippen molar-refractivity contribution in [1.29, 1.82) is 0 Å². The summed E-state index contributed by atoms with van der Waals surface area (Å²) >= 11 is 5.07. The largest absolute Gasteiger partial charge is 0.507 e. The predicted octanol–water partition coefficient (Wildman–Crippen LogP) is 6.18. The number of para-hydroxylation sites is 1. The zero-order valence-corrected chi connectivity index (χ0v) is 15.5. The van der Waals surface area contributed by atoms with Gasteiger partial charge in [0.05, 0.1) is 15.9 Å². The van der Waals surface area contributed by atoms with Gasteiger partial charge in [-0.05, 0) is 42.5 Å². The van der Waals surface area contributed by atoms with Crippen LogP contribution < -0.4 is 0 Å². The van der Waals surface area contributed by atoms with Crippen LogP contribution in [0, 0.1) is 0 Å². The first kappa shape index (κ1) is 16.0. The molecule has 0 aliphatic heterocycles. The zero-order valence-electron chi connectivity index (χ0n) is 13.1. The quantitative estimate of drug-likeness (QED) is 0.411. The summed E-state index contributed by atoms with van der Waals surface area (Å²) in [5.74, 6) is 0.203. The number of phenolic OH excluding ortho intramolecular Hbond substituents is 1. The van der Waals surface area contributed by atoms with E-state index >= 15 is 0 Å². The number of fused-ring (bicyclic) bond motifs is 1. The van der Waals surface area contributed by atoms with Crippen LogP contribution >= 0.6 is 27.3 Å². The summed E-state index contributed by atoms with van der Waals surface area (Å²) in [5.41, 5.74) is 3.53. The highest BCUT2D eigenvalue weighted by Gasteiger charge is 2.06. The van der Waals surface area contributed by atoms with Crippen LogP contribution in [0.25, 0.3) is 20.8 Å². The standard InChI is InChI=1S/C20H13BrN2OS/c21-15-8-9-18(24)14(10-15)12-22-16-5-3-4-13(11-16)20-23-17-6-1-2-7-19(17)25-20/h1-12,24H. The third-order valence-corrected chi connectivity index (χ3v) is 5.31. The van der Waals surface area contributed by atoms with Crippen molar-refractivity contribution in [2.75, 3.05) is 0 Å². The van der Waals surface area contributed by atoms with E-state index in [9.17, 15) is 5.11 Å². The molecule has 0 amide bonds. The number of aromatic hydroxyl groups is 1. The fraction of sp³-hybridized carbons (Fsp3) is 0. The number of hydrogen-bond donors (Lipinski definition) is 1. The lowest BCUT2D eigenvalue weighted by Crippen LogP contribution is -1.82. The molecular formula is C20H13BrN2OS. The Hall–Kier alpha value is -2.50. The van der Waals surface area contributed by atoms with Crippen molar-refractivity contribution in [3.05, 3.63) is 76.8 Å². The summed E-state index contributed by atoms with van der Waals surface area (Å²) in [6.07, 6.45) is 1.66. The minimum Gasteiger partial charge on any atom is -0.507 e. The summed E-state index contributed by atoms with van der Waals surface area (Å²) in [4.78, 5) is 9.18. The normalized spacial score (nSPS) is 11.4. The fourth-order valence-electron chi connectivity index (χ4n) is 2.49. The number of halogens is 1. The summed E-state index contributed by atoms with van der Waals surface area (Å²) in [6, 6.07) is 21.3. The van der Waals surface area contributed by atoms with Crippen LogP contribution in [0.5, 0.6) is 5.75 Å². The Balaban J connectivity index is 1.67. The molecule has 0 spiro atoms. The Labute approximate surface area is 157 Å². The zero-order chi connectivity index (χ0) is 17.2. The first-order valence-electron chi connectivity index (χ1n) is 7.68. The molecule has 25 heavy (non-hydrogen) atoms. The van der Waals surface area contributed by atoms with Gasteiger partial charge >= 0.3 is 0 Å². The van der Waals surface area contributed by atoms with Gasteiger partial charge in [0.25, 0.3) is 0 Å². The molecule has 0 saturated heterocycles. The first-order chi connectivity index (χ1) is 12.2. The summed E-state index contributed by atoms with van der Waals surface area (Å²) in [6.45, 7) is 0. The van der Waals surface area contributed by atoms with Crippen molar-refractivity contribution in [3.8, 4) is 16.3 Å². The van der Waals surface area contributed by atoms with Crippen LogP contribution in [0.15, 0.2) is 76.2 Å². The highest BCUT2D eigenvalue weighted by molar-refractivity contribution is 9.10. The van der Waals surface area contributed by atoms with E-state index in [1.165, 1.54) is 4.70 Å². The highest BCUT2D eigenvalue weighted by atomic mass is 79.9. The lowest BCUT2D eigenvalue weighted by atomic mass is 10.2. The van der Waals surface area contributed by atoms with E-state index in [2.05, 4.69) is 32.0 Å². The average molecular weight is 409 g/mol. The van der Waals surface area contributed by atoms with E-state index < -0.39 is 0 Å². The molecule has 0 radical (unpaired) electrons. The topological polar surface area (TPSA) is 45.5 Å². The molecule has 0 aliphatic rings. The summed E-state index contributed by atoms with van der Waals surface area (Å²) < 4.78 is 2.07. The number of thiazole rings is 1. The maximum atomic E-state index is 9.91. The molecule has 3 nitrogen and oxygen atoms in total. The van der Waals surface area contributed by atoms with E-state index in [4.69, 9.17) is 0 Å². The van der Waals surface area contributed by atoms with E-state index in [0.717, 1.165) is 26.2 Å². The Morgan fingerprint density at radius 3 is 2.76 bits per heavy atom. The second-order valence-corrected chi connectivity index (χ2v) is 7.44. The number of benzene rings is 3. The molecule has 1 N–H and O–H groups in total. The van der Waals surface area contributed by atoms with Crippen molar-refractivity contribution in [2.24, 2.45) is 4.99 Å². The lowest BCUT2D eigenvalue weighted by Gasteiger charge is -2.01. The first-order valence-corrected chi connectivity index (χ1v) is 9.28. The van der Waals surface area contributed by atoms with Crippen molar-refractivity contribution in [2.45, 2.75) is 0 Å². The molecule has 3 aromatic carbocycles. The van der Waals surface area contributed by atoms with Gasteiger partial charge in [0.15, 0.2) is 0 Å². The smallest absolute Gasteiger partial charge is 0.124 e. The van der Waals surface area contributed by atoms with Crippen LogP contribution in [-0.2, 0) is 0 Å². The average Bonchev–Trinajstić information content (AvgIpc) is 3.07. The number of nitrogens with zero attached hydrogens (tertiary/aromatic N) is 2. The van der Waals surface area contributed by atoms with Gasteiger partial charge < -0.3 is 5.11 Å². The number of aliphatic imine (C=N–C) groups is 1. The third-order valence-electron chi connectivity index (χ3n) is 3.73. The minimum absolute atomic E-state index is 0.203. The Morgan fingerprint density at radius 1 is 1.00 bits per heavy atom. The SMILES string of the molecule is Oc1ccc(Br)cc1C=Nc1cccc(-c2nc3ccccc3s2)c1. The van der Waals surface area contributed by atoms with E-state index in [-0.39, 0.29) is 5.75 Å². The molecule has 4 aromatic rings.